The Morgan fingerprint density at radius 3 is 2.64 bits per heavy atom. The summed E-state index contributed by atoms with van der Waals surface area (Å²) in [6, 6.07) is 0.309. The van der Waals surface area contributed by atoms with Crippen molar-refractivity contribution in [1.82, 2.24) is 10.2 Å². The lowest BCUT2D eigenvalue weighted by atomic mass is 10.2. The van der Waals surface area contributed by atoms with Crippen LogP contribution >= 0.6 is 0 Å². The van der Waals surface area contributed by atoms with Crippen molar-refractivity contribution in [3.05, 3.63) is 0 Å². The summed E-state index contributed by atoms with van der Waals surface area (Å²) in [6.07, 6.45) is 4.71. The molecule has 0 radical (unpaired) electrons. The van der Waals surface area contributed by atoms with Crippen molar-refractivity contribution in [1.29, 1.82) is 0 Å². The van der Waals surface area contributed by atoms with Crippen molar-refractivity contribution in [3.63, 3.8) is 0 Å². The van der Waals surface area contributed by atoms with Crippen molar-refractivity contribution >= 4 is 5.91 Å². The summed E-state index contributed by atoms with van der Waals surface area (Å²) in [5, 5.41) is 3.39. The van der Waals surface area contributed by atoms with Crippen molar-refractivity contribution in [2.45, 2.75) is 38.6 Å². The van der Waals surface area contributed by atoms with Gasteiger partial charge in [-0.25, -0.2) is 0 Å². The number of amides is 1. The largest absolute Gasteiger partial charge is 0.349 e. The zero-order valence-electron chi connectivity index (χ0n) is 9.55. The SMILES string of the molecule is CC(CC(=O)N(C)C)NCCC1CC1. The molecule has 1 aliphatic carbocycles. The second-order valence-corrected chi connectivity index (χ2v) is 4.58. The van der Waals surface area contributed by atoms with Gasteiger partial charge in [0.15, 0.2) is 0 Å². The van der Waals surface area contributed by atoms with Gasteiger partial charge in [-0.15, -0.1) is 0 Å². The topological polar surface area (TPSA) is 32.3 Å². The van der Waals surface area contributed by atoms with E-state index in [1.165, 1.54) is 19.3 Å². The van der Waals surface area contributed by atoms with Crippen LogP contribution in [0.5, 0.6) is 0 Å². The predicted molar refractivity (Wildman–Crippen MR) is 58.1 cm³/mol. The molecule has 1 N–H and O–H groups in total. The number of nitrogens with zero attached hydrogens (tertiary/aromatic N) is 1. The van der Waals surface area contributed by atoms with Crippen molar-refractivity contribution in [3.8, 4) is 0 Å². The summed E-state index contributed by atoms with van der Waals surface area (Å²) < 4.78 is 0. The third-order valence-corrected chi connectivity index (χ3v) is 2.72. The predicted octanol–water partition coefficient (Wildman–Crippen LogP) is 1.24. The molecule has 1 unspecified atom stereocenters. The van der Waals surface area contributed by atoms with Crippen molar-refractivity contribution in [2.75, 3.05) is 20.6 Å². The van der Waals surface area contributed by atoms with Gasteiger partial charge in [-0.3, -0.25) is 4.79 Å². The van der Waals surface area contributed by atoms with E-state index in [4.69, 9.17) is 0 Å². The molecule has 1 saturated carbocycles. The zero-order chi connectivity index (χ0) is 10.6. The standard InChI is InChI=1S/C11H22N2O/c1-9(8-11(14)13(2)3)12-7-6-10-4-5-10/h9-10,12H,4-8H2,1-3H3. The van der Waals surface area contributed by atoms with Crippen LogP contribution in [0.15, 0.2) is 0 Å². The maximum absolute atomic E-state index is 11.3. The molecule has 1 rings (SSSR count). The molecule has 0 aromatic rings. The van der Waals surface area contributed by atoms with Crippen LogP contribution in [0.25, 0.3) is 0 Å². The highest BCUT2D eigenvalue weighted by Crippen LogP contribution is 2.31. The van der Waals surface area contributed by atoms with Gasteiger partial charge in [-0.05, 0) is 25.8 Å². The van der Waals surface area contributed by atoms with E-state index in [2.05, 4.69) is 12.2 Å². The summed E-state index contributed by atoms with van der Waals surface area (Å²) >= 11 is 0. The second kappa shape index (κ2) is 5.35. The van der Waals surface area contributed by atoms with E-state index in [-0.39, 0.29) is 5.91 Å². The minimum atomic E-state index is 0.205. The Morgan fingerprint density at radius 1 is 1.50 bits per heavy atom. The first-order chi connectivity index (χ1) is 6.59. The summed E-state index contributed by atoms with van der Waals surface area (Å²) in [5.41, 5.74) is 0. The summed E-state index contributed by atoms with van der Waals surface area (Å²) in [5.74, 6) is 1.18. The first-order valence-electron chi connectivity index (χ1n) is 5.53. The third kappa shape index (κ3) is 4.61. The molecule has 0 aliphatic heterocycles. The Balaban J connectivity index is 2.01. The monoisotopic (exact) mass is 198 g/mol. The van der Waals surface area contributed by atoms with Crippen LogP contribution < -0.4 is 5.32 Å². The van der Waals surface area contributed by atoms with Crippen LogP contribution in [0.4, 0.5) is 0 Å². The number of carbonyl (C=O) groups is 1. The molecular weight excluding hydrogens is 176 g/mol. The van der Waals surface area contributed by atoms with E-state index < -0.39 is 0 Å². The Morgan fingerprint density at radius 2 is 2.14 bits per heavy atom. The maximum Gasteiger partial charge on any atom is 0.223 e. The highest BCUT2D eigenvalue weighted by atomic mass is 16.2. The highest BCUT2D eigenvalue weighted by Gasteiger charge is 2.20. The lowest BCUT2D eigenvalue weighted by Gasteiger charge is -2.16. The maximum atomic E-state index is 11.3. The van der Waals surface area contributed by atoms with Gasteiger partial charge in [0.25, 0.3) is 0 Å². The van der Waals surface area contributed by atoms with Gasteiger partial charge < -0.3 is 10.2 Å². The Kier molecular flexibility index (Phi) is 4.39. The fourth-order valence-electron chi connectivity index (χ4n) is 1.46. The molecule has 1 fully saturated rings. The number of carbonyl (C=O) groups excluding carboxylic acids is 1. The minimum Gasteiger partial charge on any atom is -0.349 e. The second-order valence-electron chi connectivity index (χ2n) is 4.58. The molecule has 82 valence electrons. The van der Waals surface area contributed by atoms with Crippen LogP contribution in [-0.2, 0) is 4.79 Å². The molecule has 0 saturated heterocycles. The summed E-state index contributed by atoms with van der Waals surface area (Å²) in [6.45, 7) is 3.14. The number of hydrogen-bond acceptors (Lipinski definition) is 2. The molecule has 14 heavy (non-hydrogen) atoms. The summed E-state index contributed by atoms with van der Waals surface area (Å²) in [4.78, 5) is 13.0. The molecule has 1 aliphatic rings. The van der Waals surface area contributed by atoms with E-state index in [1.54, 1.807) is 19.0 Å². The lowest BCUT2D eigenvalue weighted by Crippen LogP contribution is -2.33. The molecule has 0 aromatic carbocycles. The van der Waals surface area contributed by atoms with Crippen LogP contribution in [0.1, 0.15) is 32.6 Å². The Bertz CT molecular complexity index is 188. The van der Waals surface area contributed by atoms with E-state index in [0.717, 1.165) is 12.5 Å². The van der Waals surface area contributed by atoms with E-state index in [0.29, 0.717) is 12.5 Å². The van der Waals surface area contributed by atoms with Gasteiger partial charge in [-0.2, -0.15) is 0 Å². The molecule has 0 heterocycles. The molecule has 3 heteroatoms. The van der Waals surface area contributed by atoms with Crippen molar-refractivity contribution in [2.24, 2.45) is 5.92 Å². The molecule has 1 amide bonds. The van der Waals surface area contributed by atoms with Gasteiger partial charge in [0, 0.05) is 26.6 Å². The van der Waals surface area contributed by atoms with E-state index in [1.807, 2.05) is 0 Å². The first-order valence-corrected chi connectivity index (χ1v) is 5.53. The fourth-order valence-corrected chi connectivity index (χ4v) is 1.46. The number of hydrogen-bond donors (Lipinski definition) is 1. The number of nitrogens with one attached hydrogen (secondary N) is 1. The van der Waals surface area contributed by atoms with Gasteiger partial charge >= 0.3 is 0 Å². The van der Waals surface area contributed by atoms with Crippen LogP contribution in [0.3, 0.4) is 0 Å². The molecule has 0 aromatic heterocycles. The summed E-state index contributed by atoms with van der Waals surface area (Å²) in [7, 11) is 3.61. The smallest absolute Gasteiger partial charge is 0.223 e. The van der Waals surface area contributed by atoms with Crippen LogP contribution in [-0.4, -0.2) is 37.5 Å². The molecule has 1 atom stereocenters. The molecule has 3 nitrogen and oxygen atoms in total. The van der Waals surface area contributed by atoms with Crippen LogP contribution in [0, 0.1) is 5.92 Å². The molecular formula is C11H22N2O. The molecule has 0 spiro atoms. The van der Waals surface area contributed by atoms with Gasteiger partial charge in [0.05, 0.1) is 0 Å². The minimum absolute atomic E-state index is 0.205. The quantitative estimate of drug-likeness (QED) is 0.696. The zero-order valence-corrected chi connectivity index (χ0v) is 9.55. The van der Waals surface area contributed by atoms with Gasteiger partial charge in [-0.1, -0.05) is 12.8 Å². The average molecular weight is 198 g/mol. The van der Waals surface area contributed by atoms with Gasteiger partial charge in [0.2, 0.25) is 5.91 Å². The Hall–Kier alpha value is -0.570. The Labute approximate surface area is 86.9 Å². The van der Waals surface area contributed by atoms with Crippen LogP contribution in [0.2, 0.25) is 0 Å². The third-order valence-electron chi connectivity index (χ3n) is 2.72. The normalized spacial score (nSPS) is 17.9. The average Bonchev–Trinajstić information content (AvgIpc) is 2.87. The van der Waals surface area contributed by atoms with E-state index in [9.17, 15) is 4.79 Å². The fraction of sp³-hybridized carbons (Fsp3) is 0.909. The highest BCUT2D eigenvalue weighted by molar-refractivity contribution is 5.76. The van der Waals surface area contributed by atoms with Gasteiger partial charge in [0.1, 0.15) is 0 Å². The van der Waals surface area contributed by atoms with Crippen molar-refractivity contribution < 1.29 is 4.79 Å². The lowest BCUT2D eigenvalue weighted by molar-refractivity contribution is -0.129. The molecule has 0 bridgehead atoms. The number of rotatable bonds is 6. The van der Waals surface area contributed by atoms with E-state index >= 15 is 0 Å². The first kappa shape index (κ1) is 11.5.